The van der Waals surface area contributed by atoms with Crippen LogP contribution in [0.15, 0.2) is 18.2 Å². The summed E-state index contributed by atoms with van der Waals surface area (Å²) in [6.07, 6.45) is 4.01. The van der Waals surface area contributed by atoms with Crippen LogP contribution in [0.3, 0.4) is 0 Å². The molecule has 0 saturated heterocycles. The number of amides is 1. The van der Waals surface area contributed by atoms with Crippen molar-refractivity contribution in [2.75, 3.05) is 13.6 Å². The van der Waals surface area contributed by atoms with Crippen molar-refractivity contribution in [1.82, 2.24) is 4.90 Å². The summed E-state index contributed by atoms with van der Waals surface area (Å²) in [5.41, 5.74) is 3.44. The maximum absolute atomic E-state index is 12.1. The molecule has 0 heterocycles. The number of nitrogens with zero attached hydrogens (tertiary/aromatic N) is 1. The van der Waals surface area contributed by atoms with Crippen LogP contribution in [0.4, 0.5) is 0 Å². The van der Waals surface area contributed by atoms with Crippen molar-refractivity contribution in [3.05, 3.63) is 34.9 Å². The van der Waals surface area contributed by atoms with Gasteiger partial charge in [0.25, 0.3) is 0 Å². The summed E-state index contributed by atoms with van der Waals surface area (Å²) < 4.78 is 0. The Morgan fingerprint density at radius 1 is 1.16 bits per heavy atom. The molecular formula is C16H21NO2. The highest BCUT2D eigenvalue weighted by molar-refractivity contribution is 5.98. The van der Waals surface area contributed by atoms with Gasteiger partial charge >= 0.3 is 0 Å². The normalized spacial score (nSPS) is 13.2. The first kappa shape index (κ1) is 13.8. The van der Waals surface area contributed by atoms with Gasteiger partial charge in [-0.15, -0.1) is 0 Å². The summed E-state index contributed by atoms with van der Waals surface area (Å²) in [7, 11) is 1.77. The van der Waals surface area contributed by atoms with Crippen LogP contribution in [0.5, 0.6) is 0 Å². The molecule has 1 aromatic rings. The maximum atomic E-state index is 12.1. The fourth-order valence-electron chi connectivity index (χ4n) is 2.48. The molecule has 1 aliphatic carbocycles. The van der Waals surface area contributed by atoms with Gasteiger partial charge < -0.3 is 4.90 Å². The summed E-state index contributed by atoms with van der Waals surface area (Å²) >= 11 is 0. The van der Waals surface area contributed by atoms with Gasteiger partial charge in [0, 0.05) is 32.0 Å². The van der Waals surface area contributed by atoms with E-state index in [9.17, 15) is 9.59 Å². The summed E-state index contributed by atoms with van der Waals surface area (Å²) in [6, 6.07) is 5.98. The summed E-state index contributed by atoms with van der Waals surface area (Å²) in [6.45, 7) is 2.62. The molecule has 19 heavy (non-hydrogen) atoms. The second kappa shape index (κ2) is 6.00. The first-order valence-electron chi connectivity index (χ1n) is 7.00. The lowest BCUT2D eigenvalue weighted by Crippen LogP contribution is -2.26. The number of aryl methyl sites for hydroxylation is 2. The number of fused-ring (bicyclic) bond motifs is 1. The number of carbonyl (C=O) groups excluding carboxylic acids is 2. The number of Topliss-reactive ketones (excluding diaryl/α,β-unsaturated/α-hetero) is 1. The molecule has 0 aliphatic heterocycles. The standard InChI is InChI=1S/C16H21NO2/c1-3-17(2)16(19)10-9-15(18)14-8-7-12-5-4-6-13(12)11-14/h7-8,11H,3-6,9-10H2,1-2H3. The molecule has 0 spiro atoms. The van der Waals surface area contributed by atoms with E-state index in [1.807, 2.05) is 19.1 Å². The summed E-state index contributed by atoms with van der Waals surface area (Å²) in [5.74, 6) is 0.115. The minimum atomic E-state index is 0.0389. The van der Waals surface area contributed by atoms with E-state index in [2.05, 4.69) is 6.07 Å². The fraction of sp³-hybridized carbons (Fsp3) is 0.500. The van der Waals surface area contributed by atoms with Crippen LogP contribution in [0, 0.1) is 0 Å². The van der Waals surface area contributed by atoms with Gasteiger partial charge in [-0.05, 0) is 43.4 Å². The smallest absolute Gasteiger partial charge is 0.222 e. The van der Waals surface area contributed by atoms with Crippen LogP contribution in [-0.2, 0) is 17.6 Å². The third-order valence-corrected chi connectivity index (χ3v) is 3.89. The van der Waals surface area contributed by atoms with Crippen LogP contribution in [0.2, 0.25) is 0 Å². The number of hydrogen-bond acceptors (Lipinski definition) is 2. The number of rotatable bonds is 5. The molecule has 3 nitrogen and oxygen atoms in total. The Morgan fingerprint density at radius 2 is 1.89 bits per heavy atom. The van der Waals surface area contributed by atoms with Gasteiger partial charge in [0.05, 0.1) is 0 Å². The quantitative estimate of drug-likeness (QED) is 0.762. The first-order chi connectivity index (χ1) is 9.11. The molecule has 1 aromatic carbocycles. The Hall–Kier alpha value is -1.64. The van der Waals surface area contributed by atoms with E-state index >= 15 is 0 Å². The average Bonchev–Trinajstić information content (AvgIpc) is 2.90. The molecule has 0 saturated carbocycles. The van der Waals surface area contributed by atoms with Crippen molar-refractivity contribution < 1.29 is 9.59 Å². The van der Waals surface area contributed by atoms with E-state index in [0.717, 1.165) is 18.4 Å². The molecular weight excluding hydrogens is 238 g/mol. The van der Waals surface area contributed by atoms with Gasteiger partial charge in [0.2, 0.25) is 5.91 Å². The van der Waals surface area contributed by atoms with Gasteiger partial charge in [0.1, 0.15) is 0 Å². The molecule has 0 atom stereocenters. The Bertz CT molecular complexity index is 494. The molecule has 0 radical (unpaired) electrons. The third-order valence-electron chi connectivity index (χ3n) is 3.89. The molecule has 0 unspecified atom stereocenters. The molecule has 1 aliphatic rings. The number of hydrogen-bond donors (Lipinski definition) is 0. The third kappa shape index (κ3) is 3.22. The van der Waals surface area contributed by atoms with Crippen LogP contribution in [0.25, 0.3) is 0 Å². The monoisotopic (exact) mass is 259 g/mol. The lowest BCUT2D eigenvalue weighted by Gasteiger charge is -2.13. The van der Waals surface area contributed by atoms with E-state index < -0.39 is 0 Å². The zero-order valence-electron chi connectivity index (χ0n) is 11.7. The van der Waals surface area contributed by atoms with E-state index in [-0.39, 0.29) is 11.7 Å². The van der Waals surface area contributed by atoms with Crippen molar-refractivity contribution in [2.45, 2.75) is 39.0 Å². The van der Waals surface area contributed by atoms with Crippen LogP contribution < -0.4 is 0 Å². The van der Waals surface area contributed by atoms with Crippen LogP contribution >= 0.6 is 0 Å². The van der Waals surface area contributed by atoms with E-state index in [0.29, 0.717) is 19.4 Å². The SMILES string of the molecule is CCN(C)C(=O)CCC(=O)c1ccc2c(c1)CCC2. The second-order valence-electron chi connectivity index (χ2n) is 5.17. The van der Waals surface area contributed by atoms with Crippen molar-refractivity contribution >= 4 is 11.7 Å². The van der Waals surface area contributed by atoms with Crippen LogP contribution in [-0.4, -0.2) is 30.2 Å². The number of benzene rings is 1. The van der Waals surface area contributed by atoms with Crippen molar-refractivity contribution in [2.24, 2.45) is 0 Å². The Labute approximate surface area is 114 Å². The Kier molecular flexibility index (Phi) is 4.35. The van der Waals surface area contributed by atoms with E-state index in [1.54, 1.807) is 11.9 Å². The lowest BCUT2D eigenvalue weighted by atomic mass is 10.0. The Balaban J connectivity index is 1.95. The average molecular weight is 259 g/mol. The number of ketones is 1. The van der Waals surface area contributed by atoms with Crippen molar-refractivity contribution in [3.63, 3.8) is 0 Å². The molecule has 0 N–H and O–H groups in total. The van der Waals surface area contributed by atoms with Gasteiger partial charge in [-0.3, -0.25) is 9.59 Å². The van der Waals surface area contributed by atoms with Gasteiger partial charge in [0.15, 0.2) is 5.78 Å². The van der Waals surface area contributed by atoms with Crippen LogP contribution in [0.1, 0.15) is 47.7 Å². The Morgan fingerprint density at radius 3 is 2.63 bits per heavy atom. The minimum absolute atomic E-state index is 0.0389. The van der Waals surface area contributed by atoms with E-state index in [1.165, 1.54) is 17.5 Å². The lowest BCUT2D eigenvalue weighted by molar-refractivity contribution is -0.129. The van der Waals surface area contributed by atoms with Crippen molar-refractivity contribution in [3.8, 4) is 0 Å². The highest BCUT2D eigenvalue weighted by Gasteiger charge is 2.15. The second-order valence-corrected chi connectivity index (χ2v) is 5.17. The molecule has 0 fully saturated rings. The zero-order valence-corrected chi connectivity index (χ0v) is 11.7. The zero-order chi connectivity index (χ0) is 13.8. The predicted molar refractivity (Wildman–Crippen MR) is 75.3 cm³/mol. The fourth-order valence-corrected chi connectivity index (χ4v) is 2.48. The van der Waals surface area contributed by atoms with Gasteiger partial charge in [-0.2, -0.15) is 0 Å². The number of carbonyl (C=O) groups is 2. The van der Waals surface area contributed by atoms with Gasteiger partial charge in [-0.1, -0.05) is 12.1 Å². The van der Waals surface area contributed by atoms with Crippen molar-refractivity contribution in [1.29, 1.82) is 0 Å². The largest absolute Gasteiger partial charge is 0.346 e. The molecule has 0 aromatic heterocycles. The molecule has 2 rings (SSSR count). The van der Waals surface area contributed by atoms with Gasteiger partial charge in [-0.25, -0.2) is 0 Å². The highest BCUT2D eigenvalue weighted by atomic mass is 16.2. The molecule has 102 valence electrons. The molecule has 0 bridgehead atoms. The minimum Gasteiger partial charge on any atom is -0.346 e. The summed E-state index contributed by atoms with van der Waals surface area (Å²) in [5, 5.41) is 0. The maximum Gasteiger partial charge on any atom is 0.222 e. The van der Waals surface area contributed by atoms with E-state index in [4.69, 9.17) is 0 Å². The first-order valence-corrected chi connectivity index (χ1v) is 7.00. The topological polar surface area (TPSA) is 37.4 Å². The predicted octanol–water partition coefficient (Wildman–Crippen LogP) is 2.62. The summed E-state index contributed by atoms with van der Waals surface area (Å²) in [4.78, 5) is 25.4. The molecule has 1 amide bonds. The molecule has 3 heteroatoms. The highest BCUT2D eigenvalue weighted by Crippen LogP contribution is 2.23.